The highest BCUT2D eigenvalue weighted by molar-refractivity contribution is 7.13. The molecule has 1 aromatic heterocycles. The zero-order valence-corrected chi connectivity index (χ0v) is 17.1. The smallest absolute Gasteiger partial charge is 0.256 e. The maximum atomic E-state index is 12.8. The van der Waals surface area contributed by atoms with E-state index in [1.807, 2.05) is 35.7 Å². The third kappa shape index (κ3) is 4.67. The lowest BCUT2D eigenvalue weighted by Gasteiger charge is -2.12. The van der Waals surface area contributed by atoms with Crippen molar-refractivity contribution in [2.45, 2.75) is 25.4 Å². The van der Waals surface area contributed by atoms with Crippen molar-refractivity contribution >= 4 is 40.4 Å². The van der Waals surface area contributed by atoms with Crippen molar-refractivity contribution in [2.75, 3.05) is 5.32 Å². The molecule has 1 heterocycles. The average Bonchev–Trinajstić information content (AvgIpc) is 3.39. The molecule has 0 saturated heterocycles. The van der Waals surface area contributed by atoms with Gasteiger partial charge in [0.05, 0.1) is 5.56 Å². The molecule has 0 aliphatic heterocycles. The molecule has 0 radical (unpaired) electrons. The van der Waals surface area contributed by atoms with Gasteiger partial charge in [-0.15, -0.1) is 11.3 Å². The molecule has 2 aromatic carbocycles. The van der Waals surface area contributed by atoms with Gasteiger partial charge in [0.15, 0.2) is 0 Å². The number of halogens is 1. The molecule has 29 heavy (non-hydrogen) atoms. The molecule has 0 spiro atoms. The summed E-state index contributed by atoms with van der Waals surface area (Å²) < 4.78 is 0. The molecule has 3 aromatic rings. The van der Waals surface area contributed by atoms with Crippen LogP contribution in [0, 0.1) is 0 Å². The lowest BCUT2D eigenvalue weighted by molar-refractivity contribution is 0.0949. The van der Waals surface area contributed by atoms with E-state index in [-0.39, 0.29) is 24.4 Å². The number of benzene rings is 2. The molecular formula is C22H20ClN3O2S. The number of carbonyl (C=O) groups is 2. The highest BCUT2D eigenvalue weighted by Gasteiger charge is 2.24. The van der Waals surface area contributed by atoms with Crippen LogP contribution in [0.2, 0.25) is 5.02 Å². The van der Waals surface area contributed by atoms with Crippen molar-refractivity contribution in [1.29, 1.82) is 0 Å². The van der Waals surface area contributed by atoms with Gasteiger partial charge in [-0.3, -0.25) is 9.59 Å². The van der Waals surface area contributed by atoms with E-state index in [2.05, 4.69) is 10.6 Å². The quantitative estimate of drug-likeness (QED) is 0.536. The van der Waals surface area contributed by atoms with Crippen LogP contribution < -0.4 is 16.4 Å². The molecule has 2 amide bonds. The number of anilines is 1. The van der Waals surface area contributed by atoms with Crippen molar-refractivity contribution < 1.29 is 9.59 Å². The van der Waals surface area contributed by atoms with E-state index in [0.29, 0.717) is 21.8 Å². The van der Waals surface area contributed by atoms with Crippen LogP contribution in [0.5, 0.6) is 0 Å². The molecule has 4 rings (SSSR count). The van der Waals surface area contributed by atoms with Crippen LogP contribution in [0.1, 0.15) is 39.1 Å². The van der Waals surface area contributed by atoms with Crippen LogP contribution in [0.3, 0.4) is 0 Å². The molecule has 4 N–H and O–H groups in total. The number of nitrogens with one attached hydrogen (secondary N) is 2. The SMILES string of the molecule is NCc1ccc(C(=O)NC2CC2)cc1NC(=O)c1csc(-c2ccc(Cl)cc2)c1. The summed E-state index contributed by atoms with van der Waals surface area (Å²) in [7, 11) is 0. The van der Waals surface area contributed by atoms with Gasteiger partial charge in [-0.1, -0.05) is 29.8 Å². The van der Waals surface area contributed by atoms with Crippen LogP contribution in [0.25, 0.3) is 10.4 Å². The van der Waals surface area contributed by atoms with E-state index in [1.165, 1.54) is 11.3 Å². The Labute approximate surface area is 177 Å². The summed E-state index contributed by atoms with van der Waals surface area (Å²) in [5.41, 5.74) is 9.20. The number of thiophene rings is 1. The Kier molecular flexibility index (Phi) is 5.67. The van der Waals surface area contributed by atoms with E-state index in [0.717, 1.165) is 28.8 Å². The lowest BCUT2D eigenvalue weighted by atomic mass is 10.1. The van der Waals surface area contributed by atoms with E-state index in [4.69, 9.17) is 17.3 Å². The highest BCUT2D eigenvalue weighted by Crippen LogP contribution is 2.29. The van der Waals surface area contributed by atoms with Crippen molar-refractivity contribution in [3.8, 4) is 10.4 Å². The lowest BCUT2D eigenvalue weighted by Crippen LogP contribution is -2.25. The summed E-state index contributed by atoms with van der Waals surface area (Å²) in [5.74, 6) is -0.372. The zero-order chi connectivity index (χ0) is 20.4. The second-order valence-electron chi connectivity index (χ2n) is 6.98. The number of hydrogen-bond donors (Lipinski definition) is 3. The number of hydrogen-bond acceptors (Lipinski definition) is 4. The van der Waals surface area contributed by atoms with Crippen molar-refractivity contribution in [3.05, 3.63) is 75.6 Å². The molecule has 148 valence electrons. The van der Waals surface area contributed by atoms with Crippen LogP contribution in [0.15, 0.2) is 53.9 Å². The van der Waals surface area contributed by atoms with Crippen LogP contribution in [-0.4, -0.2) is 17.9 Å². The predicted octanol–water partition coefficient (Wildman–Crippen LogP) is 4.67. The molecule has 1 aliphatic carbocycles. The molecule has 1 fully saturated rings. The largest absolute Gasteiger partial charge is 0.349 e. The Hall–Kier alpha value is -2.67. The third-order valence-corrected chi connectivity index (χ3v) is 5.97. The molecule has 7 heteroatoms. The van der Waals surface area contributed by atoms with Gasteiger partial charge < -0.3 is 16.4 Å². The summed E-state index contributed by atoms with van der Waals surface area (Å²) in [6.07, 6.45) is 2.04. The van der Waals surface area contributed by atoms with Crippen LogP contribution in [0.4, 0.5) is 5.69 Å². The second kappa shape index (κ2) is 8.37. The van der Waals surface area contributed by atoms with Crippen LogP contribution >= 0.6 is 22.9 Å². The summed E-state index contributed by atoms with van der Waals surface area (Å²) in [6.45, 7) is 0.264. The fourth-order valence-corrected chi connectivity index (χ4v) is 3.95. The van der Waals surface area contributed by atoms with Gasteiger partial charge in [0.25, 0.3) is 11.8 Å². The number of nitrogens with two attached hydrogens (primary N) is 1. The molecular weight excluding hydrogens is 406 g/mol. The Bertz CT molecular complexity index is 1060. The molecule has 1 aliphatic rings. The summed E-state index contributed by atoms with van der Waals surface area (Å²) in [6, 6.07) is 14.8. The minimum atomic E-state index is -0.240. The average molecular weight is 426 g/mol. The van der Waals surface area contributed by atoms with Gasteiger partial charge in [0.2, 0.25) is 0 Å². The zero-order valence-electron chi connectivity index (χ0n) is 15.6. The normalized spacial score (nSPS) is 13.2. The minimum absolute atomic E-state index is 0.132. The van der Waals surface area contributed by atoms with E-state index in [9.17, 15) is 9.59 Å². The van der Waals surface area contributed by atoms with Gasteiger partial charge in [0, 0.05) is 39.1 Å². The molecule has 0 unspecified atom stereocenters. The van der Waals surface area contributed by atoms with Crippen molar-refractivity contribution in [1.82, 2.24) is 5.32 Å². The maximum Gasteiger partial charge on any atom is 0.256 e. The first kappa shape index (κ1) is 19.6. The maximum absolute atomic E-state index is 12.8. The molecule has 0 bridgehead atoms. The van der Waals surface area contributed by atoms with Gasteiger partial charge in [0.1, 0.15) is 0 Å². The Morgan fingerprint density at radius 1 is 1.03 bits per heavy atom. The van der Waals surface area contributed by atoms with Gasteiger partial charge in [-0.2, -0.15) is 0 Å². The van der Waals surface area contributed by atoms with Crippen LogP contribution in [-0.2, 0) is 6.54 Å². The van der Waals surface area contributed by atoms with Crippen molar-refractivity contribution in [3.63, 3.8) is 0 Å². The standard InChI is InChI=1S/C22H20ClN3O2S/c23-17-5-3-13(4-6-17)20-10-16(12-29-20)22(28)26-19-9-14(1-2-15(19)11-24)21(27)25-18-7-8-18/h1-6,9-10,12,18H,7-8,11,24H2,(H,25,27)(H,26,28). The first-order valence-corrected chi connectivity index (χ1v) is 10.6. The van der Waals surface area contributed by atoms with Gasteiger partial charge in [-0.25, -0.2) is 0 Å². The van der Waals surface area contributed by atoms with Gasteiger partial charge >= 0.3 is 0 Å². The Morgan fingerprint density at radius 3 is 2.48 bits per heavy atom. The Balaban J connectivity index is 1.52. The summed E-state index contributed by atoms with van der Waals surface area (Å²) >= 11 is 7.43. The van der Waals surface area contributed by atoms with E-state index >= 15 is 0 Å². The third-order valence-electron chi connectivity index (χ3n) is 4.74. The monoisotopic (exact) mass is 425 g/mol. The van der Waals surface area contributed by atoms with E-state index in [1.54, 1.807) is 18.2 Å². The number of rotatable bonds is 6. The molecule has 0 atom stereocenters. The fourth-order valence-electron chi connectivity index (χ4n) is 2.92. The van der Waals surface area contributed by atoms with E-state index < -0.39 is 0 Å². The summed E-state index contributed by atoms with van der Waals surface area (Å²) in [5, 5.41) is 8.34. The number of amides is 2. The highest BCUT2D eigenvalue weighted by atomic mass is 35.5. The first-order chi connectivity index (χ1) is 14.0. The predicted molar refractivity (Wildman–Crippen MR) is 118 cm³/mol. The van der Waals surface area contributed by atoms with Crippen molar-refractivity contribution in [2.24, 2.45) is 5.73 Å². The minimum Gasteiger partial charge on any atom is -0.349 e. The number of carbonyl (C=O) groups excluding carboxylic acids is 2. The molecule has 5 nitrogen and oxygen atoms in total. The van der Waals surface area contributed by atoms with Gasteiger partial charge in [-0.05, 0) is 54.3 Å². The first-order valence-electron chi connectivity index (χ1n) is 9.33. The summed E-state index contributed by atoms with van der Waals surface area (Å²) in [4.78, 5) is 26.1. The molecule has 1 saturated carbocycles. The second-order valence-corrected chi connectivity index (χ2v) is 8.33. The fraction of sp³-hybridized carbons (Fsp3) is 0.182. The Morgan fingerprint density at radius 2 is 1.79 bits per heavy atom. The topological polar surface area (TPSA) is 84.2 Å².